The molecule has 52 heavy (non-hydrogen) atoms. The lowest BCUT2D eigenvalue weighted by Crippen LogP contribution is -2.10. The Hall–Kier alpha value is -7.11. The highest BCUT2D eigenvalue weighted by atomic mass is 16.4. The highest BCUT2D eigenvalue weighted by Gasteiger charge is 2.21. The lowest BCUT2D eigenvalue weighted by atomic mass is 9.98. The molecule has 0 aliphatic rings. The summed E-state index contributed by atoms with van der Waals surface area (Å²) in [5.41, 5.74) is 10.9. The SMILES string of the molecule is c1ccc(-c2nc3cc4c(cc3o2)oc2cc(N(c3ccc(-c5cccc6ccccc56)cc3)c3cccc5c3oc3ccccc35)ccc24)cc1. The fourth-order valence-electron chi connectivity index (χ4n) is 7.63. The number of anilines is 3. The summed E-state index contributed by atoms with van der Waals surface area (Å²) in [5, 5.41) is 6.62. The van der Waals surface area contributed by atoms with Crippen molar-refractivity contribution in [1.29, 1.82) is 0 Å². The molecule has 0 atom stereocenters. The summed E-state index contributed by atoms with van der Waals surface area (Å²) in [6, 6.07) is 58.7. The molecule has 0 fully saturated rings. The second-order valence-corrected chi connectivity index (χ2v) is 13.1. The average Bonchev–Trinajstić information content (AvgIpc) is 3.90. The van der Waals surface area contributed by atoms with Crippen LogP contribution in [-0.2, 0) is 0 Å². The lowest BCUT2D eigenvalue weighted by Gasteiger charge is -2.25. The Labute approximate surface area is 297 Å². The molecule has 0 spiro atoms. The molecule has 3 heterocycles. The van der Waals surface area contributed by atoms with Gasteiger partial charge in [0.1, 0.15) is 22.3 Å². The second-order valence-electron chi connectivity index (χ2n) is 13.1. The predicted octanol–water partition coefficient (Wildman–Crippen LogP) is 13.6. The van der Waals surface area contributed by atoms with Crippen LogP contribution >= 0.6 is 0 Å². The van der Waals surface area contributed by atoms with Crippen LogP contribution < -0.4 is 4.90 Å². The van der Waals surface area contributed by atoms with E-state index in [2.05, 4.69) is 126 Å². The van der Waals surface area contributed by atoms with Gasteiger partial charge >= 0.3 is 0 Å². The zero-order valence-corrected chi connectivity index (χ0v) is 27.8. The molecule has 11 rings (SSSR count). The highest BCUT2D eigenvalue weighted by Crippen LogP contribution is 2.44. The van der Waals surface area contributed by atoms with Crippen molar-refractivity contribution >= 4 is 82.8 Å². The van der Waals surface area contributed by atoms with Crippen LogP contribution in [0.1, 0.15) is 0 Å². The first-order chi connectivity index (χ1) is 25.7. The minimum atomic E-state index is 0.594. The van der Waals surface area contributed by atoms with Crippen molar-refractivity contribution in [2.75, 3.05) is 4.90 Å². The predicted molar refractivity (Wildman–Crippen MR) is 212 cm³/mol. The van der Waals surface area contributed by atoms with E-state index in [1.54, 1.807) is 0 Å². The van der Waals surface area contributed by atoms with Crippen LogP contribution in [0.3, 0.4) is 0 Å². The summed E-state index contributed by atoms with van der Waals surface area (Å²) < 4.78 is 19.3. The van der Waals surface area contributed by atoms with Gasteiger partial charge < -0.3 is 18.2 Å². The Kier molecular flexibility index (Phi) is 6.18. The lowest BCUT2D eigenvalue weighted by molar-refractivity contribution is 0.617. The van der Waals surface area contributed by atoms with Gasteiger partial charge in [-0.25, -0.2) is 4.98 Å². The molecular formula is C47H28N2O3. The normalized spacial score (nSPS) is 11.8. The van der Waals surface area contributed by atoms with E-state index in [0.29, 0.717) is 11.5 Å². The van der Waals surface area contributed by atoms with E-state index >= 15 is 0 Å². The molecule has 0 aliphatic carbocycles. The number of nitrogens with zero attached hydrogens (tertiary/aromatic N) is 2. The average molecular weight is 669 g/mol. The van der Waals surface area contributed by atoms with E-state index in [1.807, 2.05) is 48.5 Å². The van der Waals surface area contributed by atoms with Gasteiger partial charge in [-0.15, -0.1) is 0 Å². The van der Waals surface area contributed by atoms with Crippen LogP contribution in [0, 0.1) is 0 Å². The van der Waals surface area contributed by atoms with E-state index in [1.165, 1.54) is 16.3 Å². The van der Waals surface area contributed by atoms with Crippen molar-refractivity contribution in [3.63, 3.8) is 0 Å². The Morgan fingerprint density at radius 1 is 0.404 bits per heavy atom. The summed E-state index contributed by atoms with van der Waals surface area (Å²) in [6.45, 7) is 0. The minimum absolute atomic E-state index is 0.594. The molecule has 8 aromatic carbocycles. The zero-order valence-electron chi connectivity index (χ0n) is 27.8. The van der Waals surface area contributed by atoms with E-state index in [9.17, 15) is 0 Å². The number of aromatic nitrogens is 1. The molecule has 0 saturated heterocycles. The van der Waals surface area contributed by atoms with Crippen molar-refractivity contribution in [3.8, 4) is 22.6 Å². The molecule has 0 aliphatic heterocycles. The number of fused-ring (bicyclic) bond motifs is 8. The maximum absolute atomic E-state index is 6.58. The second kappa shape index (κ2) is 11.2. The Bertz CT molecular complexity index is 3130. The van der Waals surface area contributed by atoms with Crippen LogP contribution in [-0.4, -0.2) is 4.98 Å². The third kappa shape index (κ3) is 4.46. The van der Waals surface area contributed by atoms with Crippen LogP contribution in [0.15, 0.2) is 183 Å². The van der Waals surface area contributed by atoms with Gasteiger partial charge in [0.15, 0.2) is 11.2 Å². The minimum Gasteiger partial charge on any atom is -0.456 e. The summed E-state index contributed by atoms with van der Waals surface area (Å²) in [5.74, 6) is 0.594. The van der Waals surface area contributed by atoms with Crippen molar-refractivity contribution in [3.05, 3.63) is 170 Å². The fraction of sp³-hybridized carbons (Fsp3) is 0. The third-order valence-corrected chi connectivity index (χ3v) is 10.1. The number of para-hydroxylation sites is 2. The first kappa shape index (κ1) is 28.7. The standard InChI is InChI=1S/C47H28N2O3/c1-2-11-31(12-3-1)47-48-40-27-39-37-25-24-33(26-43(37)50-44(39)28-45(40)52-47)49(41-18-9-17-38-36-15-6-7-19-42(36)51-46(38)41)32-22-20-30(21-23-32)35-16-8-13-29-10-4-5-14-34(29)35/h1-28H. The van der Waals surface area contributed by atoms with Gasteiger partial charge in [0.05, 0.1) is 11.4 Å². The Balaban J connectivity index is 1.07. The van der Waals surface area contributed by atoms with Crippen molar-refractivity contribution in [1.82, 2.24) is 4.98 Å². The molecule has 244 valence electrons. The monoisotopic (exact) mass is 668 g/mol. The van der Waals surface area contributed by atoms with Gasteiger partial charge in [-0.1, -0.05) is 103 Å². The Morgan fingerprint density at radius 3 is 2.02 bits per heavy atom. The van der Waals surface area contributed by atoms with E-state index in [4.69, 9.17) is 18.2 Å². The van der Waals surface area contributed by atoms with Gasteiger partial charge in [-0.05, 0) is 76.5 Å². The molecule has 5 nitrogen and oxygen atoms in total. The fourth-order valence-corrected chi connectivity index (χ4v) is 7.63. The van der Waals surface area contributed by atoms with Crippen LogP contribution in [0.4, 0.5) is 17.1 Å². The number of benzene rings is 8. The maximum Gasteiger partial charge on any atom is 0.227 e. The molecule has 0 unspecified atom stereocenters. The highest BCUT2D eigenvalue weighted by molar-refractivity contribution is 6.12. The third-order valence-electron chi connectivity index (χ3n) is 10.1. The van der Waals surface area contributed by atoms with Crippen molar-refractivity contribution in [2.45, 2.75) is 0 Å². The first-order valence-corrected chi connectivity index (χ1v) is 17.4. The Morgan fingerprint density at radius 2 is 1.12 bits per heavy atom. The molecule has 11 aromatic rings. The van der Waals surface area contributed by atoms with Gasteiger partial charge in [-0.3, -0.25) is 0 Å². The number of hydrogen-bond donors (Lipinski definition) is 0. The number of rotatable bonds is 5. The molecule has 0 radical (unpaired) electrons. The summed E-state index contributed by atoms with van der Waals surface area (Å²) in [6.07, 6.45) is 0. The van der Waals surface area contributed by atoms with Crippen molar-refractivity contribution in [2.24, 2.45) is 0 Å². The topological polar surface area (TPSA) is 55.6 Å². The number of hydrogen-bond acceptors (Lipinski definition) is 5. The van der Waals surface area contributed by atoms with Crippen molar-refractivity contribution < 1.29 is 13.3 Å². The quantitative estimate of drug-likeness (QED) is 0.183. The maximum atomic E-state index is 6.58. The summed E-state index contributed by atoms with van der Waals surface area (Å²) in [4.78, 5) is 7.06. The first-order valence-electron chi connectivity index (χ1n) is 17.4. The van der Waals surface area contributed by atoms with Gasteiger partial charge in [0, 0.05) is 44.9 Å². The smallest absolute Gasteiger partial charge is 0.227 e. The largest absolute Gasteiger partial charge is 0.456 e. The molecular weight excluding hydrogens is 641 g/mol. The molecule has 0 amide bonds. The molecule has 5 heteroatoms. The molecule has 0 saturated carbocycles. The molecule has 0 bridgehead atoms. The van der Waals surface area contributed by atoms with Crippen LogP contribution in [0.2, 0.25) is 0 Å². The van der Waals surface area contributed by atoms with E-state index in [0.717, 1.165) is 77.6 Å². The zero-order chi connectivity index (χ0) is 34.2. The molecule has 3 aromatic heterocycles. The van der Waals surface area contributed by atoms with Crippen LogP contribution in [0.5, 0.6) is 0 Å². The molecule has 0 N–H and O–H groups in total. The van der Waals surface area contributed by atoms with E-state index in [-0.39, 0.29) is 0 Å². The van der Waals surface area contributed by atoms with E-state index < -0.39 is 0 Å². The van der Waals surface area contributed by atoms with Crippen LogP contribution in [0.25, 0.3) is 88.3 Å². The van der Waals surface area contributed by atoms with Gasteiger partial charge in [0.25, 0.3) is 0 Å². The van der Waals surface area contributed by atoms with Gasteiger partial charge in [0.2, 0.25) is 5.89 Å². The summed E-state index contributed by atoms with van der Waals surface area (Å²) >= 11 is 0. The summed E-state index contributed by atoms with van der Waals surface area (Å²) in [7, 11) is 0. The number of furan rings is 2. The van der Waals surface area contributed by atoms with Gasteiger partial charge in [-0.2, -0.15) is 0 Å². The number of oxazole rings is 1.